The Hall–Kier alpha value is 0.320. The summed E-state index contributed by atoms with van der Waals surface area (Å²) in [4.78, 5) is 0. The molecular formula is C5H8Cl2. The van der Waals surface area contributed by atoms with Crippen LogP contribution in [-0.4, -0.2) is 5.88 Å². The highest BCUT2D eigenvalue weighted by Crippen LogP contribution is 1.93. The second-order valence-electron chi connectivity index (χ2n) is 1.19. The van der Waals surface area contributed by atoms with E-state index in [1.54, 1.807) is 0 Å². The number of hydrogen-bond acceptors (Lipinski definition) is 0. The minimum Gasteiger partial charge on any atom is -0.127 e. The van der Waals surface area contributed by atoms with Crippen LogP contribution in [-0.2, 0) is 0 Å². The summed E-state index contributed by atoms with van der Waals surface area (Å²) in [7, 11) is 0. The fourth-order valence-corrected chi connectivity index (χ4v) is 0.538. The Morgan fingerprint density at radius 3 is 2.57 bits per heavy atom. The second kappa shape index (κ2) is 6.32. The van der Waals surface area contributed by atoms with Gasteiger partial charge in [-0.2, -0.15) is 0 Å². The van der Waals surface area contributed by atoms with Crippen molar-refractivity contribution in [3.8, 4) is 0 Å². The molecule has 7 heavy (non-hydrogen) atoms. The number of hydrogen-bond donors (Lipinski definition) is 0. The lowest BCUT2D eigenvalue weighted by molar-refractivity contribution is 0.968. The molecule has 0 bridgehead atoms. The van der Waals surface area contributed by atoms with Crippen LogP contribution in [0.15, 0.2) is 11.6 Å². The molecule has 0 atom stereocenters. The van der Waals surface area contributed by atoms with Gasteiger partial charge in [0.1, 0.15) is 0 Å². The maximum absolute atomic E-state index is 5.36. The summed E-state index contributed by atoms with van der Waals surface area (Å²) in [6.07, 6.45) is 3.90. The molecule has 0 saturated heterocycles. The van der Waals surface area contributed by atoms with Crippen LogP contribution in [0.2, 0.25) is 0 Å². The SMILES string of the molecule is ClC=CCCCCl. The van der Waals surface area contributed by atoms with Gasteiger partial charge in [-0.15, -0.1) is 11.6 Å². The van der Waals surface area contributed by atoms with E-state index >= 15 is 0 Å². The summed E-state index contributed by atoms with van der Waals surface area (Å²) >= 11 is 10.6. The quantitative estimate of drug-likeness (QED) is 0.416. The van der Waals surface area contributed by atoms with Crippen molar-refractivity contribution in [1.29, 1.82) is 0 Å². The molecular weight excluding hydrogens is 131 g/mol. The van der Waals surface area contributed by atoms with Gasteiger partial charge in [0.15, 0.2) is 0 Å². The summed E-state index contributed by atoms with van der Waals surface area (Å²) in [6.45, 7) is 0. The van der Waals surface area contributed by atoms with Crippen LogP contribution in [0.3, 0.4) is 0 Å². The lowest BCUT2D eigenvalue weighted by Gasteiger charge is -1.81. The summed E-state index contributed by atoms with van der Waals surface area (Å²) in [6, 6.07) is 0. The van der Waals surface area contributed by atoms with Crippen molar-refractivity contribution in [3.05, 3.63) is 11.6 Å². The van der Waals surface area contributed by atoms with Crippen LogP contribution in [0.4, 0.5) is 0 Å². The monoisotopic (exact) mass is 138 g/mol. The molecule has 0 fully saturated rings. The Balaban J connectivity index is 2.69. The molecule has 0 aliphatic carbocycles. The molecule has 0 spiro atoms. The van der Waals surface area contributed by atoms with Crippen molar-refractivity contribution in [1.82, 2.24) is 0 Å². The zero-order valence-electron chi connectivity index (χ0n) is 4.03. The first kappa shape index (κ1) is 7.32. The van der Waals surface area contributed by atoms with Gasteiger partial charge in [0.2, 0.25) is 0 Å². The van der Waals surface area contributed by atoms with E-state index in [-0.39, 0.29) is 0 Å². The lowest BCUT2D eigenvalue weighted by atomic mass is 10.3. The van der Waals surface area contributed by atoms with E-state index in [0.29, 0.717) is 0 Å². The van der Waals surface area contributed by atoms with E-state index in [1.165, 1.54) is 5.54 Å². The molecule has 0 N–H and O–H groups in total. The van der Waals surface area contributed by atoms with E-state index in [0.717, 1.165) is 18.7 Å². The second-order valence-corrected chi connectivity index (χ2v) is 1.82. The molecule has 0 aromatic heterocycles. The van der Waals surface area contributed by atoms with Crippen LogP contribution in [0.1, 0.15) is 12.8 Å². The molecule has 0 aromatic rings. The predicted molar refractivity (Wildman–Crippen MR) is 34.9 cm³/mol. The third-order valence-electron chi connectivity index (χ3n) is 0.594. The summed E-state index contributed by atoms with van der Waals surface area (Å²) in [5.41, 5.74) is 1.52. The van der Waals surface area contributed by atoms with Gasteiger partial charge < -0.3 is 0 Å². The van der Waals surface area contributed by atoms with Gasteiger partial charge in [-0.25, -0.2) is 0 Å². The van der Waals surface area contributed by atoms with E-state index < -0.39 is 0 Å². The zero-order chi connectivity index (χ0) is 5.54. The Morgan fingerprint density at radius 2 is 2.14 bits per heavy atom. The molecule has 0 heterocycles. The fourth-order valence-electron chi connectivity index (χ4n) is 0.258. The Kier molecular flexibility index (Phi) is 6.61. The number of halogens is 2. The standard InChI is InChI=1S/C5H8Cl2/c6-4-2-1-3-5-7/h2,4H,1,3,5H2. The van der Waals surface area contributed by atoms with Crippen molar-refractivity contribution < 1.29 is 0 Å². The fraction of sp³-hybridized carbons (Fsp3) is 0.600. The Labute approximate surface area is 54.1 Å². The van der Waals surface area contributed by atoms with Gasteiger partial charge in [0.25, 0.3) is 0 Å². The molecule has 0 unspecified atom stereocenters. The van der Waals surface area contributed by atoms with Crippen LogP contribution < -0.4 is 0 Å². The predicted octanol–water partition coefficient (Wildman–Crippen LogP) is 2.76. The smallest absolute Gasteiger partial charge is 0.0226 e. The van der Waals surface area contributed by atoms with Crippen molar-refractivity contribution >= 4 is 23.2 Å². The topological polar surface area (TPSA) is 0 Å². The molecule has 2 heteroatoms. The normalized spacial score (nSPS) is 10.6. The van der Waals surface area contributed by atoms with Crippen molar-refractivity contribution in [2.24, 2.45) is 0 Å². The molecule has 42 valence electrons. The molecule has 0 aromatic carbocycles. The highest BCUT2D eigenvalue weighted by Gasteiger charge is 1.75. The highest BCUT2D eigenvalue weighted by molar-refractivity contribution is 6.25. The zero-order valence-corrected chi connectivity index (χ0v) is 5.54. The first-order valence-electron chi connectivity index (χ1n) is 2.23. The summed E-state index contributed by atoms with van der Waals surface area (Å²) < 4.78 is 0. The number of allylic oxidation sites excluding steroid dienone is 1. The molecule has 0 rings (SSSR count). The summed E-state index contributed by atoms with van der Waals surface area (Å²) in [5.74, 6) is 0.723. The first-order chi connectivity index (χ1) is 3.41. The number of alkyl halides is 1. The van der Waals surface area contributed by atoms with Gasteiger partial charge >= 0.3 is 0 Å². The average Bonchev–Trinajstić information content (AvgIpc) is 1.69. The lowest BCUT2D eigenvalue weighted by Crippen LogP contribution is -1.68. The van der Waals surface area contributed by atoms with E-state index in [4.69, 9.17) is 23.2 Å². The largest absolute Gasteiger partial charge is 0.127 e. The van der Waals surface area contributed by atoms with Crippen LogP contribution in [0, 0.1) is 0 Å². The van der Waals surface area contributed by atoms with Gasteiger partial charge in [-0.05, 0) is 12.8 Å². The van der Waals surface area contributed by atoms with Gasteiger partial charge in [-0.1, -0.05) is 17.7 Å². The first-order valence-corrected chi connectivity index (χ1v) is 3.20. The third kappa shape index (κ3) is 6.32. The van der Waals surface area contributed by atoms with E-state index in [1.807, 2.05) is 6.08 Å². The van der Waals surface area contributed by atoms with Gasteiger partial charge in [0.05, 0.1) is 0 Å². The Morgan fingerprint density at radius 1 is 1.43 bits per heavy atom. The number of rotatable bonds is 3. The van der Waals surface area contributed by atoms with E-state index in [9.17, 15) is 0 Å². The maximum Gasteiger partial charge on any atom is 0.0226 e. The molecule has 0 saturated carbocycles. The molecule has 0 amide bonds. The van der Waals surface area contributed by atoms with Gasteiger partial charge in [-0.3, -0.25) is 0 Å². The van der Waals surface area contributed by atoms with E-state index in [2.05, 4.69) is 0 Å². The molecule has 0 radical (unpaired) electrons. The van der Waals surface area contributed by atoms with Crippen molar-refractivity contribution in [3.63, 3.8) is 0 Å². The summed E-state index contributed by atoms with van der Waals surface area (Å²) in [5, 5.41) is 0. The Bertz CT molecular complexity index is 50.0. The third-order valence-corrected chi connectivity index (χ3v) is 1.04. The average molecular weight is 139 g/mol. The molecule has 0 aliphatic rings. The van der Waals surface area contributed by atoms with Crippen molar-refractivity contribution in [2.75, 3.05) is 5.88 Å². The highest BCUT2D eigenvalue weighted by atomic mass is 35.5. The van der Waals surface area contributed by atoms with Crippen LogP contribution in [0.5, 0.6) is 0 Å². The maximum atomic E-state index is 5.36. The van der Waals surface area contributed by atoms with Gasteiger partial charge in [0, 0.05) is 11.4 Å². The molecule has 0 aliphatic heterocycles. The minimum absolute atomic E-state index is 0.723. The van der Waals surface area contributed by atoms with Crippen LogP contribution >= 0.6 is 23.2 Å². The minimum atomic E-state index is 0.723. The van der Waals surface area contributed by atoms with Crippen molar-refractivity contribution in [2.45, 2.75) is 12.8 Å². The number of unbranched alkanes of at least 4 members (excludes halogenated alkanes) is 1. The van der Waals surface area contributed by atoms with Crippen LogP contribution in [0.25, 0.3) is 0 Å². The molecule has 0 nitrogen and oxygen atoms in total.